The van der Waals surface area contributed by atoms with E-state index in [1.807, 2.05) is 0 Å². The lowest BCUT2D eigenvalue weighted by molar-refractivity contribution is 0.199. The van der Waals surface area contributed by atoms with Crippen molar-refractivity contribution in [2.75, 3.05) is 33.2 Å². The lowest BCUT2D eigenvalue weighted by Gasteiger charge is -2.31. The largest absolute Gasteiger partial charge is 0.316 e. The van der Waals surface area contributed by atoms with Crippen LogP contribution in [0.4, 0.5) is 0 Å². The van der Waals surface area contributed by atoms with E-state index in [1.165, 1.54) is 12.8 Å². The predicted molar refractivity (Wildman–Crippen MR) is 56.5 cm³/mol. The molecule has 0 amide bonds. The normalized spacial score (nSPS) is 27.8. The van der Waals surface area contributed by atoms with Crippen LogP contribution >= 0.6 is 0 Å². The third kappa shape index (κ3) is 2.72. The van der Waals surface area contributed by atoms with Crippen LogP contribution < -0.4 is 5.32 Å². The van der Waals surface area contributed by atoms with Crippen LogP contribution in [0.5, 0.6) is 0 Å². The molecular formula is C11H20N2. The molecule has 2 nitrogen and oxygen atoms in total. The molecule has 74 valence electrons. The molecule has 1 atom stereocenters. The summed E-state index contributed by atoms with van der Waals surface area (Å²) in [6.07, 6.45) is 7.82. The van der Waals surface area contributed by atoms with Crippen LogP contribution in [0.15, 0.2) is 0 Å². The highest BCUT2D eigenvalue weighted by molar-refractivity contribution is 4.93. The molecule has 0 radical (unpaired) electrons. The van der Waals surface area contributed by atoms with Crippen molar-refractivity contribution in [3.05, 3.63) is 0 Å². The van der Waals surface area contributed by atoms with E-state index in [0.29, 0.717) is 5.41 Å². The summed E-state index contributed by atoms with van der Waals surface area (Å²) in [5.41, 5.74) is 0.478. The molecule has 1 aliphatic rings. The maximum atomic E-state index is 5.28. The quantitative estimate of drug-likeness (QED) is 0.648. The summed E-state index contributed by atoms with van der Waals surface area (Å²) in [4.78, 5) is 2.25. The zero-order chi connectivity index (χ0) is 9.73. The summed E-state index contributed by atoms with van der Waals surface area (Å²) in [6, 6.07) is 0. The zero-order valence-electron chi connectivity index (χ0n) is 8.77. The molecule has 0 saturated carbocycles. The fourth-order valence-electron chi connectivity index (χ4n) is 2.13. The van der Waals surface area contributed by atoms with Gasteiger partial charge in [-0.25, -0.2) is 0 Å². The van der Waals surface area contributed by atoms with Crippen LogP contribution in [0.2, 0.25) is 0 Å². The van der Waals surface area contributed by atoms with E-state index in [-0.39, 0.29) is 0 Å². The van der Waals surface area contributed by atoms with Gasteiger partial charge in [-0.3, -0.25) is 4.90 Å². The fourth-order valence-corrected chi connectivity index (χ4v) is 2.13. The molecule has 1 fully saturated rings. The van der Waals surface area contributed by atoms with E-state index in [4.69, 9.17) is 6.42 Å². The van der Waals surface area contributed by atoms with Crippen LogP contribution in [0.3, 0.4) is 0 Å². The van der Waals surface area contributed by atoms with E-state index in [0.717, 1.165) is 26.2 Å². The summed E-state index contributed by atoms with van der Waals surface area (Å²) in [7, 11) is 2.11. The van der Waals surface area contributed by atoms with Gasteiger partial charge in [0.1, 0.15) is 0 Å². The Balaban J connectivity index is 2.44. The second-order valence-corrected chi connectivity index (χ2v) is 4.16. The summed E-state index contributed by atoms with van der Waals surface area (Å²) in [5, 5.41) is 3.43. The molecule has 1 heterocycles. The maximum Gasteiger partial charge on any atom is 0.0596 e. The molecule has 0 aromatic carbocycles. The monoisotopic (exact) mass is 180 g/mol. The molecule has 1 aliphatic heterocycles. The number of hydrogen-bond acceptors (Lipinski definition) is 2. The Morgan fingerprint density at radius 1 is 1.62 bits per heavy atom. The first kappa shape index (κ1) is 10.6. The number of nitrogens with one attached hydrogen (secondary N) is 1. The molecule has 1 saturated heterocycles. The Bertz CT molecular complexity index is 187. The highest BCUT2D eigenvalue weighted by Gasteiger charge is 2.32. The van der Waals surface area contributed by atoms with Crippen LogP contribution in [0.25, 0.3) is 0 Å². The van der Waals surface area contributed by atoms with Crippen LogP contribution in [-0.2, 0) is 0 Å². The van der Waals surface area contributed by atoms with Crippen molar-refractivity contribution in [3.8, 4) is 12.3 Å². The Morgan fingerprint density at radius 2 is 2.38 bits per heavy atom. The Hall–Kier alpha value is -0.520. The Kier molecular flexibility index (Phi) is 3.77. The number of nitrogens with zero attached hydrogens (tertiary/aromatic N) is 1. The third-order valence-electron chi connectivity index (χ3n) is 3.05. The fraction of sp³-hybridized carbons (Fsp3) is 0.818. The first-order valence-corrected chi connectivity index (χ1v) is 5.05. The zero-order valence-corrected chi connectivity index (χ0v) is 8.77. The average molecular weight is 180 g/mol. The van der Waals surface area contributed by atoms with E-state index in [2.05, 4.69) is 30.1 Å². The molecule has 13 heavy (non-hydrogen) atoms. The molecule has 0 spiro atoms. The minimum atomic E-state index is 0.478. The summed E-state index contributed by atoms with van der Waals surface area (Å²) < 4.78 is 0. The Labute approximate surface area is 81.7 Å². The SMILES string of the molecule is C#CCN(C)CC1(CC)CCNC1. The third-order valence-corrected chi connectivity index (χ3v) is 3.05. The van der Waals surface area contributed by atoms with Crippen molar-refractivity contribution in [1.82, 2.24) is 10.2 Å². The smallest absolute Gasteiger partial charge is 0.0596 e. The van der Waals surface area contributed by atoms with Crippen molar-refractivity contribution in [1.29, 1.82) is 0 Å². The molecule has 0 aromatic heterocycles. The minimum absolute atomic E-state index is 0.478. The van der Waals surface area contributed by atoms with Gasteiger partial charge in [0.25, 0.3) is 0 Å². The summed E-state index contributed by atoms with van der Waals surface area (Å²) >= 11 is 0. The number of hydrogen-bond donors (Lipinski definition) is 1. The second kappa shape index (κ2) is 4.64. The van der Waals surface area contributed by atoms with Gasteiger partial charge in [0.05, 0.1) is 6.54 Å². The first-order valence-electron chi connectivity index (χ1n) is 5.05. The molecule has 2 heteroatoms. The van der Waals surface area contributed by atoms with E-state index < -0.39 is 0 Å². The van der Waals surface area contributed by atoms with Crippen molar-refractivity contribution in [2.24, 2.45) is 5.41 Å². The van der Waals surface area contributed by atoms with Gasteiger partial charge >= 0.3 is 0 Å². The van der Waals surface area contributed by atoms with Crippen molar-refractivity contribution in [2.45, 2.75) is 19.8 Å². The summed E-state index contributed by atoms with van der Waals surface area (Å²) in [6.45, 7) is 6.48. The van der Waals surface area contributed by atoms with E-state index in [1.54, 1.807) is 0 Å². The minimum Gasteiger partial charge on any atom is -0.316 e. The maximum absolute atomic E-state index is 5.28. The second-order valence-electron chi connectivity index (χ2n) is 4.16. The standard InChI is InChI=1S/C11H20N2/c1-4-8-13(3)10-11(5-2)6-7-12-9-11/h1,12H,5-10H2,2-3H3. The van der Waals surface area contributed by atoms with Gasteiger partial charge in [-0.15, -0.1) is 6.42 Å². The lowest BCUT2D eigenvalue weighted by atomic mass is 9.84. The molecule has 0 aromatic rings. The van der Waals surface area contributed by atoms with Gasteiger partial charge in [0, 0.05) is 13.1 Å². The highest BCUT2D eigenvalue weighted by Crippen LogP contribution is 2.29. The van der Waals surface area contributed by atoms with Crippen LogP contribution in [0.1, 0.15) is 19.8 Å². The van der Waals surface area contributed by atoms with Crippen molar-refractivity contribution in [3.63, 3.8) is 0 Å². The highest BCUT2D eigenvalue weighted by atomic mass is 15.1. The van der Waals surface area contributed by atoms with Gasteiger partial charge in [0.2, 0.25) is 0 Å². The molecule has 0 bridgehead atoms. The van der Waals surface area contributed by atoms with Crippen molar-refractivity contribution < 1.29 is 0 Å². The number of rotatable bonds is 4. The molecule has 1 rings (SSSR count). The lowest BCUT2D eigenvalue weighted by Crippen LogP contribution is -2.37. The van der Waals surface area contributed by atoms with Gasteiger partial charge < -0.3 is 5.32 Å². The van der Waals surface area contributed by atoms with Crippen LogP contribution in [-0.4, -0.2) is 38.1 Å². The van der Waals surface area contributed by atoms with Crippen molar-refractivity contribution >= 4 is 0 Å². The predicted octanol–water partition coefficient (Wildman–Crippen LogP) is 0.941. The molecule has 1 unspecified atom stereocenters. The molecule has 0 aliphatic carbocycles. The molecular weight excluding hydrogens is 160 g/mol. The van der Waals surface area contributed by atoms with Gasteiger partial charge in [-0.1, -0.05) is 12.8 Å². The van der Waals surface area contributed by atoms with Gasteiger partial charge in [0.15, 0.2) is 0 Å². The topological polar surface area (TPSA) is 15.3 Å². The van der Waals surface area contributed by atoms with E-state index >= 15 is 0 Å². The molecule has 1 N–H and O–H groups in total. The Morgan fingerprint density at radius 3 is 2.85 bits per heavy atom. The van der Waals surface area contributed by atoms with Gasteiger partial charge in [-0.05, 0) is 31.8 Å². The first-order chi connectivity index (χ1) is 6.22. The number of terminal acetylenes is 1. The van der Waals surface area contributed by atoms with E-state index in [9.17, 15) is 0 Å². The summed E-state index contributed by atoms with van der Waals surface area (Å²) in [5.74, 6) is 2.69. The van der Waals surface area contributed by atoms with Gasteiger partial charge in [-0.2, -0.15) is 0 Å². The average Bonchev–Trinajstić information content (AvgIpc) is 2.54. The van der Waals surface area contributed by atoms with Crippen LogP contribution in [0, 0.1) is 17.8 Å².